The molecule has 2 aromatic heterocycles. The number of ether oxygens (including phenoxy) is 1. The maximum Gasteiger partial charge on any atom is 0.270 e. The topological polar surface area (TPSA) is 82.9 Å². The minimum Gasteiger partial charge on any atom is -0.488 e. The summed E-state index contributed by atoms with van der Waals surface area (Å²) < 4.78 is 21.0. The second-order valence-electron chi connectivity index (χ2n) is 7.81. The first-order chi connectivity index (χ1) is 14.9. The number of hydrogen-bond donors (Lipinski definition) is 1. The van der Waals surface area contributed by atoms with Gasteiger partial charge in [-0.2, -0.15) is 0 Å². The minimum atomic E-state index is -0.982. The van der Waals surface area contributed by atoms with Gasteiger partial charge in [-0.25, -0.2) is 4.39 Å². The number of aromatic amines is 1. The van der Waals surface area contributed by atoms with Gasteiger partial charge in [0.2, 0.25) is 0 Å². The van der Waals surface area contributed by atoms with Crippen LogP contribution in [0.1, 0.15) is 35.0 Å². The molecule has 31 heavy (non-hydrogen) atoms. The minimum absolute atomic E-state index is 0.115. The Labute approximate surface area is 179 Å². The number of alkyl halides is 1. The van der Waals surface area contributed by atoms with Gasteiger partial charge in [0, 0.05) is 43.2 Å². The van der Waals surface area contributed by atoms with Crippen LogP contribution in [0.2, 0.25) is 0 Å². The van der Waals surface area contributed by atoms with Crippen molar-refractivity contribution in [1.82, 2.24) is 14.5 Å². The highest BCUT2D eigenvalue weighted by atomic mass is 19.1. The number of anilines is 2. The van der Waals surface area contributed by atoms with Gasteiger partial charge in [0.25, 0.3) is 11.8 Å². The Bertz CT molecular complexity index is 1100. The molecule has 0 aromatic carbocycles. The van der Waals surface area contributed by atoms with Gasteiger partial charge in [-0.05, 0) is 25.8 Å². The zero-order chi connectivity index (χ0) is 22.1. The van der Waals surface area contributed by atoms with Crippen LogP contribution in [0.3, 0.4) is 0 Å². The Morgan fingerprint density at radius 2 is 2.13 bits per heavy atom. The molecule has 1 saturated heterocycles. The Balaban J connectivity index is 1.65. The van der Waals surface area contributed by atoms with Gasteiger partial charge >= 0.3 is 0 Å². The summed E-state index contributed by atoms with van der Waals surface area (Å²) in [6.07, 6.45) is 1.83. The van der Waals surface area contributed by atoms with E-state index in [0.717, 1.165) is 5.69 Å². The van der Waals surface area contributed by atoms with Crippen LogP contribution in [0.4, 0.5) is 15.9 Å². The second kappa shape index (κ2) is 8.41. The average molecular weight is 427 g/mol. The fraction of sp³-hybridized carbons (Fsp3) is 0.409. The predicted molar refractivity (Wildman–Crippen MR) is 115 cm³/mol. The summed E-state index contributed by atoms with van der Waals surface area (Å²) in [6.45, 7) is 7.02. The van der Waals surface area contributed by atoms with E-state index in [1.165, 1.54) is 4.57 Å². The SMILES string of the molecule is C=C(C)C(=O)n1ccc(N2CCOc3cc(C(=O)N4CCC[C@@H](F)C4)[nH]c32)cc1=NC. The molecule has 1 N–H and O–H groups in total. The Morgan fingerprint density at radius 1 is 1.32 bits per heavy atom. The van der Waals surface area contributed by atoms with E-state index in [1.54, 1.807) is 37.2 Å². The maximum atomic E-state index is 13.8. The Morgan fingerprint density at radius 3 is 2.84 bits per heavy atom. The number of H-pyrrole nitrogens is 1. The molecule has 9 heteroatoms. The van der Waals surface area contributed by atoms with Crippen LogP contribution in [-0.2, 0) is 0 Å². The fourth-order valence-electron chi connectivity index (χ4n) is 3.94. The van der Waals surface area contributed by atoms with Crippen LogP contribution in [-0.4, -0.2) is 65.7 Å². The Hall–Kier alpha value is -3.36. The molecule has 2 aliphatic heterocycles. The lowest BCUT2D eigenvalue weighted by Gasteiger charge is -2.29. The summed E-state index contributed by atoms with van der Waals surface area (Å²) in [5.41, 5.74) is 2.08. The summed E-state index contributed by atoms with van der Waals surface area (Å²) in [4.78, 5) is 36.1. The van der Waals surface area contributed by atoms with Crippen molar-refractivity contribution in [2.75, 3.05) is 38.2 Å². The predicted octanol–water partition coefficient (Wildman–Crippen LogP) is 2.67. The van der Waals surface area contributed by atoms with Gasteiger partial charge in [0.15, 0.2) is 11.6 Å². The average Bonchev–Trinajstić information content (AvgIpc) is 3.22. The largest absolute Gasteiger partial charge is 0.488 e. The summed E-state index contributed by atoms with van der Waals surface area (Å²) >= 11 is 0. The fourth-order valence-corrected chi connectivity index (χ4v) is 3.94. The molecule has 1 amide bonds. The number of rotatable bonds is 3. The van der Waals surface area contributed by atoms with Crippen molar-refractivity contribution < 1.29 is 18.7 Å². The highest BCUT2D eigenvalue weighted by Crippen LogP contribution is 2.36. The first-order valence-corrected chi connectivity index (χ1v) is 10.3. The lowest BCUT2D eigenvalue weighted by molar-refractivity contribution is 0.0631. The molecule has 0 aliphatic carbocycles. The van der Waals surface area contributed by atoms with Crippen molar-refractivity contribution in [3.8, 4) is 5.75 Å². The number of carbonyl (C=O) groups is 2. The highest BCUT2D eigenvalue weighted by molar-refractivity contribution is 5.95. The lowest BCUT2D eigenvalue weighted by Crippen LogP contribution is -2.40. The second-order valence-corrected chi connectivity index (χ2v) is 7.81. The molecular weight excluding hydrogens is 401 g/mol. The molecule has 8 nitrogen and oxygen atoms in total. The third-order valence-electron chi connectivity index (χ3n) is 5.53. The van der Waals surface area contributed by atoms with Crippen LogP contribution in [0.25, 0.3) is 0 Å². The normalized spacial score (nSPS) is 19.1. The van der Waals surface area contributed by atoms with Gasteiger partial charge in [-0.15, -0.1) is 0 Å². The number of nitrogens with one attached hydrogen (secondary N) is 1. The molecule has 0 bridgehead atoms. The molecule has 0 saturated carbocycles. The smallest absolute Gasteiger partial charge is 0.270 e. The Kier molecular flexibility index (Phi) is 5.67. The van der Waals surface area contributed by atoms with Crippen molar-refractivity contribution in [3.05, 3.63) is 47.7 Å². The number of carbonyl (C=O) groups excluding carboxylic acids is 2. The molecule has 0 unspecified atom stereocenters. The number of hydrogen-bond acceptors (Lipinski definition) is 5. The molecule has 1 fully saturated rings. The number of pyridine rings is 1. The molecule has 0 spiro atoms. The van der Waals surface area contributed by atoms with E-state index in [9.17, 15) is 14.0 Å². The van der Waals surface area contributed by atoms with Crippen molar-refractivity contribution in [2.24, 2.45) is 4.99 Å². The molecule has 2 aromatic rings. The number of piperidine rings is 1. The van der Waals surface area contributed by atoms with Crippen LogP contribution < -0.4 is 15.1 Å². The van der Waals surface area contributed by atoms with Gasteiger partial charge in [-0.3, -0.25) is 19.1 Å². The van der Waals surface area contributed by atoms with Crippen LogP contribution in [0, 0.1) is 0 Å². The summed E-state index contributed by atoms with van der Waals surface area (Å²) in [5, 5.41) is 0. The van der Waals surface area contributed by atoms with E-state index in [2.05, 4.69) is 16.6 Å². The van der Waals surface area contributed by atoms with E-state index >= 15 is 0 Å². The molecule has 4 heterocycles. The quantitative estimate of drug-likeness (QED) is 0.764. The van der Waals surface area contributed by atoms with E-state index in [0.29, 0.717) is 60.9 Å². The van der Waals surface area contributed by atoms with E-state index < -0.39 is 6.17 Å². The van der Waals surface area contributed by atoms with Crippen LogP contribution in [0.15, 0.2) is 41.5 Å². The summed E-state index contributed by atoms with van der Waals surface area (Å²) in [6, 6.07) is 5.28. The molecule has 164 valence electrons. The highest BCUT2D eigenvalue weighted by Gasteiger charge is 2.29. The van der Waals surface area contributed by atoms with Crippen molar-refractivity contribution in [1.29, 1.82) is 0 Å². The van der Waals surface area contributed by atoms with Crippen LogP contribution >= 0.6 is 0 Å². The van der Waals surface area contributed by atoms with Gasteiger partial charge in [0.05, 0.1) is 13.1 Å². The monoisotopic (exact) mass is 427 g/mol. The number of nitrogens with zero attached hydrogens (tertiary/aromatic N) is 4. The molecule has 1 atom stereocenters. The molecule has 4 rings (SSSR count). The number of halogens is 1. The lowest BCUT2D eigenvalue weighted by atomic mass is 10.1. The van der Waals surface area contributed by atoms with Crippen LogP contribution in [0.5, 0.6) is 5.75 Å². The van der Waals surface area contributed by atoms with E-state index in [1.807, 2.05) is 11.0 Å². The number of aromatic nitrogens is 2. The first kappa shape index (κ1) is 20.9. The van der Waals surface area contributed by atoms with Gasteiger partial charge in [-0.1, -0.05) is 6.58 Å². The zero-order valence-corrected chi connectivity index (χ0v) is 17.7. The third kappa shape index (κ3) is 3.99. The maximum absolute atomic E-state index is 13.8. The number of allylic oxidation sites excluding steroid dienone is 1. The zero-order valence-electron chi connectivity index (χ0n) is 17.7. The van der Waals surface area contributed by atoms with Crippen molar-refractivity contribution in [3.63, 3.8) is 0 Å². The van der Waals surface area contributed by atoms with Crippen molar-refractivity contribution in [2.45, 2.75) is 25.9 Å². The third-order valence-corrected chi connectivity index (χ3v) is 5.53. The summed E-state index contributed by atoms with van der Waals surface area (Å²) in [5.74, 6) is 0.750. The molecular formula is C22H26FN5O3. The summed E-state index contributed by atoms with van der Waals surface area (Å²) in [7, 11) is 1.62. The first-order valence-electron chi connectivity index (χ1n) is 10.3. The standard InChI is InChI=1S/C22H26FN5O3/c1-14(2)21(29)28-8-6-16(11-19(28)24-3)27-9-10-31-18-12-17(25-20(18)27)22(30)26-7-4-5-15(23)13-26/h6,8,11-12,15,25H,1,4-5,7,9-10,13H2,2-3H3/t15-/m1/s1. The molecule has 0 radical (unpaired) electrons. The van der Waals surface area contributed by atoms with E-state index in [4.69, 9.17) is 4.74 Å². The van der Waals surface area contributed by atoms with Gasteiger partial charge in [0.1, 0.15) is 24.0 Å². The number of likely N-dealkylation sites (tertiary alicyclic amines) is 1. The molecule has 2 aliphatic rings. The number of amides is 1. The number of fused-ring (bicyclic) bond motifs is 1. The van der Waals surface area contributed by atoms with Crippen molar-refractivity contribution >= 4 is 23.3 Å². The van der Waals surface area contributed by atoms with Gasteiger partial charge < -0.3 is 19.5 Å². The van der Waals surface area contributed by atoms with E-state index in [-0.39, 0.29) is 18.4 Å².